The third-order valence-electron chi connectivity index (χ3n) is 2.27. The topological polar surface area (TPSA) is 0 Å². The summed E-state index contributed by atoms with van der Waals surface area (Å²) in [7, 11) is -1.29. The monoisotopic (exact) mass is 280 g/mol. The third kappa shape index (κ3) is 4.79. The Morgan fingerprint density at radius 3 is 2.05 bits per heavy atom. The van der Waals surface area contributed by atoms with Crippen molar-refractivity contribution in [2.24, 2.45) is 0 Å². The highest BCUT2D eigenvalue weighted by molar-refractivity contribution is 7.13. The van der Waals surface area contributed by atoms with Crippen LogP contribution in [0.5, 0.6) is 0 Å². The van der Waals surface area contributed by atoms with Crippen molar-refractivity contribution >= 4 is 19.4 Å². The molecule has 2 aromatic rings. The fourth-order valence-corrected chi connectivity index (χ4v) is 2.69. The molecule has 2 rings (SSSR count). The molecule has 0 saturated heterocycles. The second-order valence-electron chi connectivity index (χ2n) is 5.28. The molecule has 0 amide bonds. The number of hydrogen-bond donors (Lipinski definition) is 0. The second-order valence-corrected chi connectivity index (χ2v) is 11.1. The summed E-state index contributed by atoms with van der Waals surface area (Å²) >= 11 is 1.67. The van der Waals surface area contributed by atoms with Gasteiger partial charge in [-0.15, -0.1) is 16.9 Å². The van der Waals surface area contributed by atoms with Gasteiger partial charge in [-0.3, -0.25) is 0 Å². The first-order valence-corrected chi connectivity index (χ1v) is 10.5. The average molecular weight is 280 g/mol. The van der Waals surface area contributed by atoms with Crippen LogP contribution in [-0.4, -0.2) is 8.07 Å². The van der Waals surface area contributed by atoms with Gasteiger partial charge in [-0.25, -0.2) is 0 Å². The van der Waals surface area contributed by atoms with E-state index < -0.39 is 8.07 Å². The number of rotatable bonds is 0. The SMILES string of the molecule is C[Si](C)(C)C#Cc1ccc(C#Cc2ccccc2)s1. The summed E-state index contributed by atoms with van der Waals surface area (Å²) in [5.74, 6) is 9.62. The van der Waals surface area contributed by atoms with Gasteiger partial charge in [-0.1, -0.05) is 55.6 Å². The summed E-state index contributed by atoms with van der Waals surface area (Å²) < 4.78 is 0. The van der Waals surface area contributed by atoms with E-state index in [1.54, 1.807) is 11.3 Å². The van der Waals surface area contributed by atoms with Crippen LogP contribution in [0.15, 0.2) is 42.5 Å². The molecule has 0 bridgehead atoms. The molecule has 0 spiro atoms. The largest absolute Gasteiger partial charge is 0.129 e. The van der Waals surface area contributed by atoms with E-state index >= 15 is 0 Å². The maximum atomic E-state index is 3.38. The highest BCUT2D eigenvalue weighted by Gasteiger charge is 2.07. The maximum Gasteiger partial charge on any atom is 0.129 e. The number of hydrogen-bond acceptors (Lipinski definition) is 1. The quantitative estimate of drug-likeness (QED) is 0.496. The van der Waals surface area contributed by atoms with E-state index in [4.69, 9.17) is 0 Å². The Morgan fingerprint density at radius 2 is 1.42 bits per heavy atom. The van der Waals surface area contributed by atoms with Crippen molar-refractivity contribution in [2.75, 3.05) is 0 Å². The lowest BCUT2D eigenvalue weighted by molar-refractivity contribution is 1.65. The molecule has 0 saturated carbocycles. The molecular weight excluding hydrogens is 264 g/mol. The Bertz CT molecular complexity index is 667. The fourth-order valence-electron chi connectivity index (χ4n) is 1.38. The van der Waals surface area contributed by atoms with E-state index in [-0.39, 0.29) is 0 Å². The molecule has 0 unspecified atom stereocenters. The Morgan fingerprint density at radius 1 is 0.789 bits per heavy atom. The molecule has 19 heavy (non-hydrogen) atoms. The first-order valence-electron chi connectivity index (χ1n) is 6.23. The predicted molar refractivity (Wildman–Crippen MR) is 87.0 cm³/mol. The van der Waals surface area contributed by atoms with Gasteiger partial charge in [0.05, 0.1) is 9.75 Å². The van der Waals surface area contributed by atoms with E-state index in [9.17, 15) is 0 Å². The molecule has 94 valence electrons. The molecule has 1 aromatic heterocycles. The molecule has 0 nitrogen and oxygen atoms in total. The summed E-state index contributed by atoms with van der Waals surface area (Å²) in [5.41, 5.74) is 4.42. The minimum atomic E-state index is -1.29. The molecule has 0 aliphatic heterocycles. The zero-order valence-electron chi connectivity index (χ0n) is 11.4. The smallest absolute Gasteiger partial charge is 0.126 e. The van der Waals surface area contributed by atoms with E-state index in [0.717, 1.165) is 15.3 Å². The van der Waals surface area contributed by atoms with Crippen LogP contribution >= 0.6 is 11.3 Å². The molecule has 2 heteroatoms. The minimum absolute atomic E-state index is 1.05. The summed E-state index contributed by atoms with van der Waals surface area (Å²) in [4.78, 5) is 2.18. The first kappa shape index (κ1) is 13.7. The molecule has 0 aliphatic rings. The highest BCUT2D eigenvalue weighted by atomic mass is 32.1. The lowest BCUT2D eigenvalue weighted by Gasteiger charge is -2.02. The summed E-state index contributed by atoms with van der Waals surface area (Å²) in [6.45, 7) is 6.76. The van der Waals surface area contributed by atoms with Crippen molar-refractivity contribution in [2.45, 2.75) is 19.6 Å². The van der Waals surface area contributed by atoms with Crippen molar-refractivity contribution < 1.29 is 0 Å². The van der Waals surface area contributed by atoms with Gasteiger partial charge in [0.15, 0.2) is 0 Å². The first-order chi connectivity index (χ1) is 9.03. The van der Waals surface area contributed by atoms with E-state index in [1.807, 2.05) is 30.3 Å². The Kier molecular flexibility index (Phi) is 4.27. The van der Waals surface area contributed by atoms with Crippen molar-refractivity contribution in [3.8, 4) is 23.3 Å². The molecular formula is C17H16SSi. The molecule has 1 aromatic carbocycles. The average Bonchev–Trinajstić information content (AvgIpc) is 2.82. The van der Waals surface area contributed by atoms with Crippen LogP contribution < -0.4 is 0 Å². The van der Waals surface area contributed by atoms with Crippen LogP contribution in [0.25, 0.3) is 0 Å². The molecule has 1 heterocycles. The molecule has 0 fully saturated rings. The van der Waals surface area contributed by atoms with Crippen LogP contribution in [0.4, 0.5) is 0 Å². The van der Waals surface area contributed by atoms with Crippen LogP contribution in [0.2, 0.25) is 19.6 Å². The van der Waals surface area contributed by atoms with Crippen molar-refractivity contribution in [1.82, 2.24) is 0 Å². The van der Waals surface area contributed by atoms with Gasteiger partial charge >= 0.3 is 0 Å². The molecule has 0 aliphatic carbocycles. The zero-order valence-corrected chi connectivity index (χ0v) is 13.3. The van der Waals surface area contributed by atoms with Gasteiger partial charge in [0.2, 0.25) is 0 Å². The minimum Gasteiger partial charge on any atom is -0.126 e. The Labute approximate surface area is 120 Å². The predicted octanol–water partition coefficient (Wildman–Crippen LogP) is 4.38. The van der Waals surface area contributed by atoms with Crippen molar-refractivity contribution in [3.63, 3.8) is 0 Å². The fraction of sp³-hybridized carbons (Fsp3) is 0.176. The van der Waals surface area contributed by atoms with Gasteiger partial charge in [0.1, 0.15) is 8.07 Å². The van der Waals surface area contributed by atoms with Crippen LogP contribution in [0, 0.1) is 23.3 Å². The summed E-state index contributed by atoms with van der Waals surface area (Å²) in [6.07, 6.45) is 0. The van der Waals surface area contributed by atoms with Crippen LogP contribution in [-0.2, 0) is 0 Å². The second kappa shape index (κ2) is 5.93. The maximum absolute atomic E-state index is 3.38. The number of benzene rings is 1. The highest BCUT2D eigenvalue weighted by Crippen LogP contribution is 2.14. The van der Waals surface area contributed by atoms with E-state index in [2.05, 4.69) is 55.1 Å². The van der Waals surface area contributed by atoms with Gasteiger partial charge in [-0.05, 0) is 24.3 Å². The standard InChI is InChI=1S/C17H16SSi/c1-19(2,3)14-13-17-12-11-16(18-17)10-9-15-7-5-4-6-8-15/h4-8,11-12H,1-3H3. The lowest BCUT2D eigenvalue weighted by atomic mass is 10.2. The van der Waals surface area contributed by atoms with Gasteiger partial charge in [0, 0.05) is 5.56 Å². The summed E-state index contributed by atoms with van der Waals surface area (Å²) in [6, 6.07) is 14.2. The van der Waals surface area contributed by atoms with Crippen LogP contribution in [0.3, 0.4) is 0 Å². The van der Waals surface area contributed by atoms with Gasteiger partial charge in [0.25, 0.3) is 0 Å². The normalized spacial score (nSPS) is 10.1. The Hall–Kier alpha value is -1.74. The van der Waals surface area contributed by atoms with Gasteiger partial charge < -0.3 is 0 Å². The van der Waals surface area contributed by atoms with Crippen LogP contribution in [0.1, 0.15) is 15.3 Å². The molecule has 0 radical (unpaired) electrons. The molecule has 0 atom stereocenters. The van der Waals surface area contributed by atoms with Gasteiger partial charge in [-0.2, -0.15) is 0 Å². The number of thiophene rings is 1. The van der Waals surface area contributed by atoms with Crippen molar-refractivity contribution in [3.05, 3.63) is 57.8 Å². The lowest BCUT2D eigenvalue weighted by Crippen LogP contribution is -2.16. The Balaban J connectivity index is 2.14. The third-order valence-corrected chi connectivity index (χ3v) is 4.06. The van der Waals surface area contributed by atoms with E-state index in [0.29, 0.717) is 0 Å². The van der Waals surface area contributed by atoms with Crippen molar-refractivity contribution in [1.29, 1.82) is 0 Å². The van der Waals surface area contributed by atoms with E-state index in [1.165, 1.54) is 0 Å². The summed E-state index contributed by atoms with van der Waals surface area (Å²) in [5, 5.41) is 0. The zero-order chi connectivity index (χ0) is 13.7. The molecule has 0 N–H and O–H groups in total.